The Labute approximate surface area is 126 Å². The second kappa shape index (κ2) is 8.20. The van der Waals surface area contributed by atoms with E-state index in [1.54, 1.807) is 7.11 Å². The van der Waals surface area contributed by atoms with Gasteiger partial charge in [0.05, 0.1) is 13.7 Å². The lowest BCUT2D eigenvalue weighted by molar-refractivity contribution is 0.292. The van der Waals surface area contributed by atoms with Crippen LogP contribution in [0.4, 0.5) is 5.69 Å². The molecule has 0 aliphatic heterocycles. The van der Waals surface area contributed by atoms with Crippen molar-refractivity contribution in [3.8, 4) is 11.5 Å². The van der Waals surface area contributed by atoms with Gasteiger partial charge in [0.25, 0.3) is 0 Å². The molecule has 0 fully saturated rings. The molecule has 2 rings (SSSR count). The van der Waals surface area contributed by atoms with Crippen LogP contribution in [-0.4, -0.2) is 20.3 Å². The Hall–Kier alpha value is -2.16. The zero-order chi connectivity index (χ0) is 14.9. The van der Waals surface area contributed by atoms with E-state index in [2.05, 4.69) is 30.4 Å². The van der Waals surface area contributed by atoms with Gasteiger partial charge in [-0.15, -0.1) is 0 Å². The van der Waals surface area contributed by atoms with Gasteiger partial charge in [0, 0.05) is 12.2 Å². The molecule has 0 saturated carbocycles. The van der Waals surface area contributed by atoms with Crippen LogP contribution in [-0.2, 0) is 6.42 Å². The Morgan fingerprint density at radius 2 is 1.81 bits per heavy atom. The molecule has 2 aromatic rings. The third-order valence-corrected chi connectivity index (χ3v) is 3.32. The van der Waals surface area contributed by atoms with Crippen molar-refractivity contribution in [2.45, 2.75) is 19.8 Å². The minimum atomic E-state index is 0.668. The van der Waals surface area contributed by atoms with Crippen LogP contribution in [0.25, 0.3) is 0 Å². The molecular formula is C18H23NO2. The number of para-hydroxylation sites is 1. The van der Waals surface area contributed by atoms with E-state index in [1.807, 2.05) is 30.3 Å². The van der Waals surface area contributed by atoms with Gasteiger partial charge in [0.15, 0.2) is 11.5 Å². The maximum absolute atomic E-state index is 5.80. The molecule has 0 atom stereocenters. The second-order valence-electron chi connectivity index (χ2n) is 4.83. The fraction of sp³-hybridized carbons (Fsp3) is 0.333. The standard InChI is InChI=1S/C18H23NO2/c1-3-15-10-11-17(18(14-15)20-2)21-13-7-12-19-16-8-5-4-6-9-16/h4-6,8-11,14,19H,3,7,12-13H2,1-2H3. The highest BCUT2D eigenvalue weighted by Crippen LogP contribution is 2.28. The molecule has 0 aliphatic carbocycles. The van der Waals surface area contributed by atoms with Crippen LogP contribution in [0, 0.1) is 0 Å². The third-order valence-electron chi connectivity index (χ3n) is 3.32. The van der Waals surface area contributed by atoms with Crippen LogP contribution in [0.2, 0.25) is 0 Å². The maximum Gasteiger partial charge on any atom is 0.161 e. The Morgan fingerprint density at radius 3 is 2.52 bits per heavy atom. The number of rotatable bonds is 8. The van der Waals surface area contributed by atoms with Gasteiger partial charge in [-0.05, 0) is 42.7 Å². The minimum absolute atomic E-state index is 0.668. The van der Waals surface area contributed by atoms with Crippen molar-refractivity contribution >= 4 is 5.69 Å². The Kier molecular flexibility index (Phi) is 5.95. The van der Waals surface area contributed by atoms with Crippen LogP contribution in [0.15, 0.2) is 48.5 Å². The number of hydrogen-bond acceptors (Lipinski definition) is 3. The van der Waals surface area contributed by atoms with Gasteiger partial charge in [0.2, 0.25) is 0 Å². The van der Waals surface area contributed by atoms with E-state index in [0.29, 0.717) is 6.61 Å². The van der Waals surface area contributed by atoms with Gasteiger partial charge in [-0.1, -0.05) is 31.2 Å². The van der Waals surface area contributed by atoms with Crippen LogP contribution in [0.1, 0.15) is 18.9 Å². The van der Waals surface area contributed by atoms with Crippen LogP contribution >= 0.6 is 0 Å². The molecule has 0 unspecified atom stereocenters. The normalized spacial score (nSPS) is 10.2. The molecule has 2 aromatic carbocycles. The average Bonchev–Trinajstić information content (AvgIpc) is 2.55. The molecule has 0 radical (unpaired) electrons. The molecule has 0 bridgehead atoms. The Bertz CT molecular complexity index is 540. The van der Waals surface area contributed by atoms with E-state index < -0.39 is 0 Å². The van der Waals surface area contributed by atoms with Crippen molar-refractivity contribution < 1.29 is 9.47 Å². The topological polar surface area (TPSA) is 30.5 Å². The molecule has 1 N–H and O–H groups in total. The van der Waals surface area contributed by atoms with E-state index in [1.165, 1.54) is 5.56 Å². The summed E-state index contributed by atoms with van der Waals surface area (Å²) in [6.45, 7) is 3.69. The van der Waals surface area contributed by atoms with Crippen molar-refractivity contribution in [1.29, 1.82) is 0 Å². The monoisotopic (exact) mass is 285 g/mol. The van der Waals surface area contributed by atoms with Gasteiger partial charge >= 0.3 is 0 Å². The summed E-state index contributed by atoms with van der Waals surface area (Å²) in [6.07, 6.45) is 1.94. The Morgan fingerprint density at radius 1 is 1.00 bits per heavy atom. The van der Waals surface area contributed by atoms with E-state index in [-0.39, 0.29) is 0 Å². The zero-order valence-corrected chi connectivity index (χ0v) is 12.8. The molecule has 21 heavy (non-hydrogen) atoms. The summed E-state index contributed by atoms with van der Waals surface area (Å²) in [5.41, 5.74) is 2.40. The molecule has 3 nitrogen and oxygen atoms in total. The highest BCUT2D eigenvalue weighted by Gasteiger charge is 2.04. The number of aryl methyl sites for hydroxylation is 1. The van der Waals surface area contributed by atoms with E-state index in [9.17, 15) is 0 Å². The number of hydrogen-bond donors (Lipinski definition) is 1. The summed E-state index contributed by atoms with van der Waals surface area (Å²) in [5, 5.41) is 3.37. The van der Waals surface area contributed by atoms with Gasteiger partial charge in [-0.3, -0.25) is 0 Å². The molecule has 0 heterocycles. The van der Waals surface area contributed by atoms with Gasteiger partial charge < -0.3 is 14.8 Å². The molecule has 0 spiro atoms. The summed E-state index contributed by atoms with van der Waals surface area (Å²) in [6, 6.07) is 16.3. The number of ether oxygens (including phenoxy) is 2. The van der Waals surface area contributed by atoms with E-state index >= 15 is 0 Å². The molecule has 0 aliphatic rings. The summed E-state index contributed by atoms with van der Waals surface area (Å²) < 4.78 is 11.2. The Balaban J connectivity index is 1.76. The predicted octanol–water partition coefficient (Wildman–Crippen LogP) is 4.14. The molecule has 3 heteroatoms. The maximum atomic E-state index is 5.80. The molecular weight excluding hydrogens is 262 g/mol. The third kappa shape index (κ3) is 4.71. The number of benzene rings is 2. The minimum Gasteiger partial charge on any atom is -0.493 e. The summed E-state index contributed by atoms with van der Waals surface area (Å²) >= 11 is 0. The smallest absolute Gasteiger partial charge is 0.161 e. The molecule has 0 aromatic heterocycles. The number of nitrogens with one attached hydrogen (secondary N) is 1. The van der Waals surface area contributed by atoms with Gasteiger partial charge in [0.1, 0.15) is 0 Å². The zero-order valence-electron chi connectivity index (χ0n) is 12.8. The quantitative estimate of drug-likeness (QED) is 0.739. The summed E-state index contributed by atoms with van der Waals surface area (Å²) in [7, 11) is 1.68. The first-order chi connectivity index (χ1) is 10.3. The second-order valence-corrected chi connectivity index (χ2v) is 4.83. The molecule has 0 saturated heterocycles. The van der Waals surface area contributed by atoms with Crippen molar-refractivity contribution in [3.05, 3.63) is 54.1 Å². The van der Waals surface area contributed by atoms with Crippen molar-refractivity contribution in [2.75, 3.05) is 25.6 Å². The van der Waals surface area contributed by atoms with Crippen molar-refractivity contribution in [3.63, 3.8) is 0 Å². The number of anilines is 1. The fourth-order valence-corrected chi connectivity index (χ4v) is 2.09. The highest BCUT2D eigenvalue weighted by molar-refractivity contribution is 5.43. The van der Waals surface area contributed by atoms with Crippen LogP contribution in [0.3, 0.4) is 0 Å². The number of methoxy groups -OCH3 is 1. The SMILES string of the molecule is CCc1ccc(OCCCNc2ccccc2)c(OC)c1. The first-order valence-electron chi connectivity index (χ1n) is 7.42. The lowest BCUT2D eigenvalue weighted by atomic mass is 10.1. The van der Waals surface area contributed by atoms with Crippen molar-refractivity contribution in [2.24, 2.45) is 0 Å². The van der Waals surface area contributed by atoms with Gasteiger partial charge in [-0.2, -0.15) is 0 Å². The van der Waals surface area contributed by atoms with Crippen LogP contribution in [0.5, 0.6) is 11.5 Å². The first-order valence-corrected chi connectivity index (χ1v) is 7.42. The highest BCUT2D eigenvalue weighted by atomic mass is 16.5. The lowest BCUT2D eigenvalue weighted by Gasteiger charge is -2.12. The summed E-state index contributed by atoms with van der Waals surface area (Å²) in [5.74, 6) is 1.62. The van der Waals surface area contributed by atoms with E-state index in [4.69, 9.17) is 9.47 Å². The predicted molar refractivity (Wildman–Crippen MR) is 87.4 cm³/mol. The van der Waals surface area contributed by atoms with Crippen molar-refractivity contribution in [1.82, 2.24) is 0 Å². The van der Waals surface area contributed by atoms with Gasteiger partial charge in [-0.25, -0.2) is 0 Å². The van der Waals surface area contributed by atoms with E-state index in [0.717, 1.165) is 36.6 Å². The fourth-order valence-electron chi connectivity index (χ4n) is 2.09. The largest absolute Gasteiger partial charge is 0.493 e. The first kappa shape index (κ1) is 15.2. The summed E-state index contributed by atoms with van der Waals surface area (Å²) in [4.78, 5) is 0. The van der Waals surface area contributed by atoms with Crippen LogP contribution < -0.4 is 14.8 Å². The molecule has 112 valence electrons. The lowest BCUT2D eigenvalue weighted by Crippen LogP contribution is -2.07. The average molecular weight is 285 g/mol. The molecule has 0 amide bonds.